The second kappa shape index (κ2) is 4.59. The third-order valence-electron chi connectivity index (χ3n) is 1.66. The lowest BCUT2D eigenvalue weighted by Crippen LogP contribution is -2.12. The molecule has 0 spiro atoms. The van der Waals surface area contributed by atoms with Crippen molar-refractivity contribution in [3.63, 3.8) is 0 Å². The summed E-state index contributed by atoms with van der Waals surface area (Å²) in [6, 6.07) is 3.59. The van der Waals surface area contributed by atoms with Crippen molar-refractivity contribution in [2.75, 3.05) is 0 Å². The summed E-state index contributed by atoms with van der Waals surface area (Å²) in [5, 5.41) is 0. The number of hydrogen-bond donors (Lipinski definition) is 1. The Kier molecular flexibility index (Phi) is 3.92. The summed E-state index contributed by atoms with van der Waals surface area (Å²) in [4.78, 5) is 10.9. The van der Waals surface area contributed by atoms with Gasteiger partial charge < -0.3 is 5.73 Å². The van der Waals surface area contributed by atoms with Crippen molar-refractivity contribution in [2.45, 2.75) is 0 Å². The van der Waals surface area contributed by atoms with E-state index in [-0.39, 0.29) is 5.57 Å². The fourth-order valence-electron chi connectivity index (χ4n) is 0.892. The second-order valence-electron chi connectivity index (χ2n) is 2.57. The highest BCUT2D eigenvalue weighted by Crippen LogP contribution is 2.35. The van der Waals surface area contributed by atoms with Crippen molar-refractivity contribution >= 4 is 59.3 Å². The van der Waals surface area contributed by atoms with E-state index >= 15 is 0 Å². The first-order valence-electron chi connectivity index (χ1n) is 3.57. The minimum atomic E-state index is -0.528. The number of carbonyl (C=O) groups is 1. The molecule has 5 heteroatoms. The Hall–Kier alpha value is -0.130. The SMILES string of the molecule is C=C(C(N)=O)c1ccc(Br)c(Br)c1Br. The molecule has 2 N–H and O–H groups in total. The monoisotopic (exact) mass is 381 g/mol. The maximum absolute atomic E-state index is 10.9. The molecule has 0 saturated carbocycles. The van der Waals surface area contributed by atoms with Crippen LogP contribution in [0.25, 0.3) is 5.57 Å². The van der Waals surface area contributed by atoms with Crippen LogP contribution in [0.4, 0.5) is 0 Å². The van der Waals surface area contributed by atoms with Gasteiger partial charge in [0.1, 0.15) is 0 Å². The number of hydrogen-bond acceptors (Lipinski definition) is 1. The second-order valence-corrected chi connectivity index (χ2v) is 5.01. The smallest absolute Gasteiger partial charge is 0.248 e. The van der Waals surface area contributed by atoms with Crippen LogP contribution in [0.3, 0.4) is 0 Å². The van der Waals surface area contributed by atoms with Gasteiger partial charge in [-0.2, -0.15) is 0 Å². The van der Waals surface area contributed by atoms with Gasteiger partial charge in [-0.05, 0) is 53.9 Å². The summed E-state index contributed by atoms with van der Waals surface area (Å²) in [5.74, 6) is -0.528. The van der Waals surface area contributed by atoms with Crippen molar-refractivity contribution < 1.29 is 4.79 Å². The Morgan fingerprint density at radius 1 is 1.21 bits per heavy atom. The van der Waals surface area contributed by atoms with Gasteiger partial charge in [-0.15, -0.1) is 0 Å². The first kappa shape index (κ1) is 11.9. The van der Waals surface area contributed by atoms with Crippen LogP contribution in [0.5, 0.6) is 0 Å². The zero-order valence-corrected chi connectivity index (χ0v) is 11.7. The maximum Gasteiger partial charge on any atom is 0.248 e. The number of amides is 1. The molecule has 0 aliphatic rings. The molecule has 74 valence electrons. The van der Waals surface area contributed by atoms with Gasteiger partial charge in [0.15, 0.2) is 0 Å². The van der Waals surface area contributed by atoms with Crippen LogP contribution in [-0.2, 0) is 4.79 Å². The molecule has 1 aromatic carbocycles. The summed E-state index contributed by atoms with van der Waals surface area (Å²) in [5.41, 5.74) is 6.11. The summed E-state index contributed by atoms with van der Waals surface area (Å²) >= 11 is 10.1. The lowest BCUT2D eigenvalue weighted by Gasteiger charge is -2.07. The predicted molar refractivity (Wildman–Crippen MR) is 67.8 cm³/mol. The Balaban J connectivity index is 3.31. The third-order valence-corrected chi connectivity index (χ3v) is 5.03. The normalized spacial score (nSPS) is 9.93. The van der Waals surface area contributed by atoms with E-state index in [9.17, 15) is 4.79 Å². The molecule has 0 heterocycles. The molecule has 1 rings (SSSR count). The summed E-state index contributed by atoms with van der Waals surface area (Å²) in [6.45, 7) is 3.62. The van der Waals surface area contributed by atoms with Crippen LogP contribution in [-0.4, -0.2) is 5.91 Å². The van der Waals surface area contributed by atoms with E-state index < -0.39 is 5.91 Å². The lowest BCUT2D eigenvalue weighted by atomic mass is 10.1. The van der Waals surface area contributed by atoms with Crippen LogP contribution in [0.1, 0.15) is 5.56 Å². The summed E-state index contributed by atoms with van der Waals surface area (Å²) < 4.78 is 2.48. The molecule has 0 fully saturated rings. The molecule has 0 aliphatic heterocycles. The molecule has 14 heavy (non-hydrogen) atoms. The highest BCUT2D eigenvalue weighted by molar-refractivity contribution is 9.14. The molecule has 0 aromatic heterocycles. The molecule has 1 aromatic rings. The zero-order valence-electron chi connectivity index (χ0n) is 6.98. The van der Waals surface area contributed by atoms with E-state index in [1.165, 1.54) is 0 Å². The van der Waals surface area contributed by atoms with Crippen LogP contribution in [0.15, 0.2) is 32.1 Å². The fraction of sp³-hybridized carbons (Fsp3) is 0. The highest BCUT2D eigenvalue weighted by atomic mass is 79.9. The van der Waals surface area contributed by atoms with E-state index in [0.29, 0.717) is 5.56 Å². The fourth-order valence-corrected chi connectivity index (χ4v) is 2.42. The Morgan fingerprint density at radius 2 is 1.79 bits per heavy atom. The van der Waals surface area contributed by atoms with Gasteiger partial charge in [-0.3, -0.25) is 4.79 Å². The first-order chi connectivity index (χ1) is 6.45. The molecular weight excluding hydrogens is 378 g/mol. The molecule has 2 nitrogen and oxygen atoms in total. The van der Waals surface area contributed by atoms with Gasteiger partial charge in [0.2, 0.25) is 5.91 Å². The molecule has 1 amide bonds. The van der Waals surface area contributed by atoms with Crippen molar-refractivity contribution in [1.29, 1.82) is 0 Å². The van der Waals surface area contributed by atoms with E-state index in [0.717, 1.165) is 13.4 Å². The van der Waals surface area contributed by atoms with E-state index in [4.69, 9.17) is 5.73 Å². The maximum atomic E-state index is 10.9. The molecular formula is C9H6Br3NO. The third kappa shape index (κ3) is 2.27. The van der Waals surface area contributed by atoms with Gasteiger partial charge in [-0.25, -0.2) is 0 Å². The van der Waals surface area contributed by atoms with Crippen molar-refractivity contribution in [2.24, 2.45) is 5.73 Å². The van der Waals surface area contributed by atoms with Gasteiger partial charge in [0.05, 0.1) is 0 Å². The highest BCUT2D eigenvalue weighted by Gasteiger charge is 2.12. The molecule has 0 saturated heterocycles. The van der Waals surface area contributed by atoms with Crippen molar-refractivity contribution in [1.82, 2.24) is 0 Å². The summed E-state index contributed by atoms with van der Waals surface area (Å²) in [7, 11) is 0. The Morgan fingerprint density at radius 3 is 2.29 bits per heavy atom. The average molecular weight is 384 g/mol. The number of nitrogens with two attached hydrogens (primary N) is 1. The molecule has 0 bridgehead atoms. The lowest BCUT2D eigenvalue weighted by molar-refractivity contribution is -0.112. The quantitative estimate of drug-likeness (QED) is 0.616. The number of benzene rings is 1. The van der Waals surface area contributed by atoms with Crippen molar-refractivity contribution in [3.8, 4) is 0 Å². The van der Waals surface area contributed by atoms with E-state index in [1.807, 2.05) is 6.07 Å². The Bertz CT molecular complexity index is 415. The van der Waals surface area contributed by atoms with Crippen LogP contribution in [0, 0.1) is 0 Å². The summed E-state index contributed by atoms with van der Waals surface area (Å²) in [6.07, 6.45) is 0. The topological polar surface area (TPSA) is 43.1 Å². The first-order valence-corrected chi connectivity index (χ1v) is 5.95. The number of carbonyl (C=O) groups excluding carboxylic acids is 1. The van der Waals surface area contributed by atoms with Gasteiger partial charge in [-0.1, -0.05) is 12.6 Å². The number of halogens is 3. The largest absolute Gasteiger partial charge is 0.366 e. The zero-order chi connectivity index (χ0) is 10.9. The minimum absolute atomic E-state index is 0.282. The van der Waals surface area contributed by atoms with Crippen LogP contribution < -0.4 is 5.73 Å². The van der Waals surface area contributed by atoms with Crippen LogP contribution >= 0.6 is 47.8 Å². The van der Waals surface area contributed by atoms with Gasteiger partial charge >= 0.3 is 0 Å². The van der Waals surface area contributed by atoms with Gasteiger partial charge in [0, 0.05) is 24.6 Å². The van der Waals surface area contributed by atoms with Gasteiger partial charge in [0.25, 0.3) is 0 Å². The number of rotatable bonds is 2. The van der Waals surface area contributed by atoms with E-state index in [1.54, 1.807) is 6.07 Å². The number of primary amides is 1. The molecule has 0 atom stereocenters. The minimum Gasteiger partial charge on any atom is -0.366 e. The van der Waals surface area contributed by atoms with Crippen LogP contribution in [0.2, 0.25) is 0 Å². The molecule has 0 radical (unpaired) electrons. The van der Waals surface area contributed by atoms with Crippen molar-refractivity contribution in [3.05, 3.63) is 37.7 Å². The standard InChI is InChI=1S/C9H6Br3NO/c1-4(9(13)14)5-2-3-6(10)8(12)7(5)11/h2-3H,1H2,(H2,13,14). The van der Waals surface area contributed by atoms with E-state index in [2.05, 4.69) is 54.4 Å². The molecule has 0 aliphatic carbocycles. The Labute approximate surface area is 107 Å². The predicted octanol–water partition coefficient (Wildman–Crippen LogP) is 3.47. The average Bonchev–Trinajstić information content (AvgIpc) is 2.13. The molecule has 0 unspecified atom stereocenters.